The third-order valence-corrected chi connectivity index (χ3v) is 3.67. The van der Waals surface area contributed by atoms with Gasteiger partial charge in [-0.15, -0.1) is 6.42 Å². The number of carbonyl (C=O) groups excluding carboxylic acids is 1. The average Bonchev–Trinajstić information content (AvgIpc) is 2.30. The summed E-state index contributed by atoms with van der Waals surface area (Å²) in [7, 11) is 0. The molecule has 1 fully saturated rings. The normalized spacial score (nSPS) is 19.2. The molecule has 0 bridgehead atoms. The van der Waals surface area contributed by atoms with Crippen molar-refractivity contribution in [3.63, 3.8) is 0 Å². The van der Waals surface area contributed by atoms with E-state index in [0.29, 0.717) is 6.54 Å². The zero-order valence-corrected chi connectivity index (χ0v) is 10.9. The highest BCUT2D eigenvalue weighted by Gasteiger charge is 2.23. The van der Waals surface area contributed by atoms with E-state index in [9.17, 15) is 4.79 Å². The fraction of sp³-hybridized carbons (Fsp3) is 0.750. The summed E-state index contributed by atoms with van der Waals surface area (Å²) in [6.45, 7) is 6.15. The van der Waals surface area contributed by atoms with Crippen LogP contribution in [-0.2, 0) is 4.79 Å². The first-order valence-electron chi connectivity index (χ1n) is 5.62. The maximum atomic E-state index is 12.0. The molecule has 0 aromatic heterocycles. The van der Waals surface area contributed by atoms with Crippen LogP contribution in [0.1, 0.15) is 6.92 Å². The van der Waals surface area contributed by atoms with Gasteiger partial charge in [0.1, 0.15) is 0 Å². The van der Waals surface area contributed by atoms with Crippen LogP contribution in [0.2, 0.25) is 0 Å². The molecule has 1 unspecified atom stereocenters. The number of hydrogen-bond donors (Lipinski definition) is 0. The Kier molecular flexibility index (Phi) is 5.72. The number of piperazine rings is 1. The Morgan fingerprint density at radius 3 is 2.56 bits per heavy atom. The number of nitrogens with zero attached hydrogens (tertiary/aromatic N) is 2. The number of hydrogen-bond acceptors (Lipinski definition) is 3. The summed E-state index contributed by atoms with van der Waals surface area (Å²) in [6.07, 6.45) is 7.30. The van der Waals surface area contributed by atoms with Gasteiger partial charge in [-0.1, -0.05) is 12.8 Å². The van der Waals surface area contributed by atoms with Gasteiger partial charge in [-0.2, -0.15) is 11.8 Å². The number of amides is 1. The molecule has 1 amide bonds. The quantitative estimate of drug-likeness (QED) is 0.678. The Morgan fingerprint density at radius 1 is 1.44 bits per heavy atom. The first kappa shape index (κ1) is 13.4. The van der Waals surface area contributed by atoms with Gasteiger partial charge in [-0.05, 0) is 6.26 Å². The molecule has 3 nitrogen and oxygen atoms in total. The van der Waals surface area contributed by atoms with Crippen LogP contribution in [0.15, 0.2) is 0 Å². The van der Waals surface area contributed by atoms with Crippen molar-refractivity contribution in [1.29, 1.82) is 0 Å². The molecular formula is C12H20N2OS. The third-order valence-electron chi connectivity index (χ3n) is 2.84. The van der Waals surface area contributed by atoms with Gasteiger partial charge in [-0.25, -0.2) is 0 Å². The summed E-state index contributed by atoms with van der Waals surface area (Å²) < 4.78 is 0. The first-order chi connectivity index (χ1) is 7.69. The van der Waals surface area contributed by atoms with Gasteiger partial charge in [0.2, 0.25) is 5.91 Å². The summed E-state index contributed by atoms with van der Waals surface area (Å²) in [5.41, 5.74) is 0. The van der Waals surface area contributed by atoms with Crippen molar-refractivity contribution in [1.82, 2.24) is 9.80 Å². The highest BCUT2D eigenvalue weighted by molar-refractivity contribution is 7.98. The van der Waals surface area contributed by atoms with Gasteiger partial charge in [0.25, 0.3) is 0 Å². The fourth-order valence-electron chi connectivity index (χ4n) is 1.89. The minimum absolute atomic E-state index is 0.134. The Labute approximate surface area is 103 Å². The Bertz CT molecular complexity index is 267. The van der Waals surface area contributed by atoms with Crippen LogP contribution in [0, 0.1) is 18.3 Å². The van der Waals surface area contributed by atoms with Crippen molar-refractivity contribution < 1.29 is 4.79 Å². The van der Waals surface area contributed by atoms with Crippen LogP contribution in [-0.4, -0.2) is 60.4 Å². The number of terminal acetylenes is 1. The van der Waals surface area contributed by atoms with Gasteiger partial charge in [0, 0.05) is 37.8 Å². The van der Waals surface area contributed by atoms with Crippen LogP contribution < -0.4 is 0 Å². The second-order valence-electron chi connectivity index (χ2n) is 4.16. The molecule has 0 saturated carbocycles. The van der Waals surface area contributed by atoms with E-state index in [-0.39, 0.29) is 11.8 Å². The smallest absolute Gasteiger partial charge is 0.226 e. The number of carbonyl (C=O) groups is 1. The molecular weight excluding hydrogens is 220 g/mol. The lowest BCUT2D eigenvalue weighted by atomic mass is 10.1. The fourth-order valence-corrected chi connectivity index (χ4v) is 2.53. The largest absolute Gasteiger partial charge is 0.340 e. The number of rotatable bonds is 4. The topological polar surface area (TPSA) is 23.6 Å². The molecule has 90 valence electrons. The molecule has 0 aromatic rings. The maximum absolute atomic E-state index is 12.0. The van der Waals surface area contributed by atoms with Crippen LogP contribution >= 0.6 is 11.8 Å². The molecule has 0 aromatic carbocycles. The molecule has 0 spiro atoms. The predicted octanol–water partition coefficient (Wildman–Crippen LogP) is 0.763. The molecule has 0 aliphatic carbocycles. The van der Waals surface area contributed by atoms with E-state index < -0.39 is 0 Å². The maximum Gasteiger partial charge on any atom is 0.226 e. The lowest BCUT2D eigenvalue weighted by Crippen LogP contribution is -2.50. The molecule has 1 rings (SSSR count). The van der Waals surface area contributed by atoms with Crippen molar-refractivity contribution in [3.05, 3.63) is 0 Å². The second-order valence-corrected chi connectivity index (χ2v) is 5.07. The summed E-state index contributed by atoms with van der Waals surface area (Å²) >= 11 is 1.73. The minimum Gasteiger partial charge on any atom is -0.340 e. The van der Waals surface area contributed by atoms with Crippen molar-refractivity contribution in [2.24, 2.45) is 5.92 Å². The van der Waals surface area contributed by atoms with Crippen molar-refractivity contribution in [2.45, 2.75) is 6.92 Å². The van der Waals surface area contributed by atoms with E-state index in [4.69, 9.17) is 6.42 Å². The number of thioether (sulfide) groups is 1. The predicted molar refractivity (Wildman–Crippen MR) is 69.4 cm³/mol. The molecule has 1 aliphatic rings. The standard InChI is InChI=1S/C12H20N2OS/c1-4-5-13-6-8-14(9-7-13)12(15)11(2)10-16-3/h1,11H,5-10H2,2-3H3. The summed E-state index contributed by atoms with van der Waals surface area (Å²) in [5, 5.41) is 0. The monoisotopic (exact) mass is 240 g/mol. The van der Waals surface area contributed by atoms with Gasteiger partial charge in [0.05, 0.1) is 6.54 Å². The molecule has 1 heterocycles. The van der Waals surface area contributed by atoms with Crippen molar-refractivity contribution in [2.75, 3.05) is 44.7 Å². The summed E-state index contributed by atoms with van der Waals surface area (Å²) in [5.74, 6) is 3.97. The van der Waals surface area contributed by atoms with Crippen LogP contribution in [0.3, 0.4) is 0 Å². The molecule has 0 radical (unpaired) electrons. The van der Waals surface area contributed by atoms with Gasteiger partial charge >= 0.3 is 0 Å². The van der Waals surface area contributed by atoms with E-state index in [0.717, 1.165) is 31.9 Å². The molecule has 1 saturated heterocycles. The summed E-state index contributed by atoms with van der Waals surface area (Å²) in [6, 6.07) is 0. The van der Waals surface area contributed by atoms with E-state index in [1.807, 2.05) is 18.1 Å². The molecule has 1 atom stereocenters. The van der Waals surface area contributed by atoms with E-state index >= 15 is 0 Å². The lowest BCUT2D eigenvalue weighted by molar-refractivity contribution is -0.135. The highest BCUT2D eigenvalue weighted by atomic mass is 32.2. The lowest BCUT2D eigenvalue weighted by Gasteiger charge is -2.35. The highest BCUT2D eigenvalue weighted by Crippen LogP contribution is 2.11. The minimum atomic E-state index is 0.134. The van der Waals surface area contributed by atoms with Crippen LogP contribution in [0.4, 0.5) is 0 Å². The third kappa shape index (κ3) is 3.73. The van der Waals surface area contributed by atoms with Crippen LogP contribution in [0.25, 0.3) is 0 Å². The van der Waals surface area contributed by atoms with Gasteiger partial charge < -0.3 is 4.90 Å². The molecule has 16 heavy (non-hydrogen) atoms. The zero-order chi connectivity index (χ0) is 12.0. The Balaban J connectivity index is 2.36. The zero-order valence-electron chi connectivity index (χ0n) is 10.1. The summed E-state index contributed by atoms with van der Waals surface area (Å²) in [4.78, 5) is 16.2. The second kappa shape index (κ2) is 6.82. The first-order valence-corrected chi connectivity index (χ1v) is 7.02. The van der Waals surface area contributed by atoms with Crippen molar-refractivity contribution >= 4 is 17.7 Å². The van der Waals surface area contributed by atoms with E-state index in [1.165, 1.54) is 0 Å². The average molecular weight is 240 g/mol. The van der Waals surface area contributed by atoms with Crippen LogP contribution in [0.5, 0.6) is 0 Å². The van der Waals surface area contributed by atoms with Gasteiger partial charge in [-0.3, -0.25) is 9.69 Å². The van der Waals surface area contributed by atoms with E-state index in [1.54, 1.807) is 11.8 Å². The molecule has 4 heteroatoms. The van der Waals surface area contributed by atoms with E-state index in [2.05, 4.69) is 10.8 Å². The Hall–Kier alpha value is -0.660. The van der Waals surface area contributed by atoms with Crippen molar-refractivity contribution in [3.8, 4) is 12.3 Å². The van der Waals surface area contributed by atoms with Gasteiger partial charge in [0.15, 0.2) is 0 Å². The molecule has 0 N–H and O–H groups in total. The molecule has 1 aliphatic heterocycles. The Morgan fingerprint density at radius 2 is 2.06 bits per heavy atom. The SMILES string of the molecule is C#CCN1CCN(C(=O)C(C)CSC)CC1.